The minimum absolute atomic E-state index is 0.00829. The summed E-state index contributed by atoms with van der Waals surface area (Å²) in [4.78, 5) is 14.4. The monoisotopic (exact) mass is 516 g/mol. The normalized spacial score (nSPS) is 11.4. The third-order valence-corrected chi connectivity index (χ3v) is 11.0. The SMILES string of the molecule is O=C(/C=C/c1ccc(Cl)cc1)C(c1ccccc1)=P(c1ccccc1)(c1ccccc1)c1ccccc1. The van der Waals surface area contributed by atoms with Gasteiger partial charge >= 0.3 is 0 Å². The second-order valence-electron chi connectivity index (χ2n) is 8.64. The molecule has 37 heavy (non-hydrogen) atoms. The molecule has 0 saturated carbocycles. The highest BCUT2D eigenvalue weighted by molar-refractivity contribution is 7.96. The minimum atomic E-state index is -2.58. The first-order valence-electron chi connectivity index (χ1n) is 12.2. The lowest BCUT2D eigenvalue weighted by Gasteiger charge is -2.32. The molecule has 0 atom stereocenters. The quantitative estimate of drug-likeness (QED) is 0.166. The van der Waals surface area contributed by atoms with E-state index in [-0.39, 0.29) is 5.78 Å². The lowest BCUT2D eigenvalue weighted by atomic mass is 10.1. The van der Waals surface area contributed by atoms with Crippen LogP contribution in [0.15, 0.2) is 152 Å². The van der Waals surface area contributed by atoms with Gasteiger partial charge in [0.2, 0.25) is 0 Å². The van der Waals surface area contributed by atoms with Gasteiger partial charge in [-0.1, -0.05) is 151 Å². The van der Waals surface area contributed by atoms with Gasteiger partial charge in [0.25, 0.3) is 0 Å². The van der Waals surface area contributed by atoms with Crippen LogP contribution in [0.2, 0.25) is 5.02 Å². The summed E-state index contributed by atoms with van der Waals surface area (Å²) in [6, 6.07) is 49.0. The number of hydrogen-bond donors (Lipinski definition) is 0. The van der Waals surface area contributed by atoms with Crippen molar-refractivity contribution in [3.05, 3.63) is 168 Å². The van der Waals surface area contributed by atoms with Gasteiger partial charge in [-0.15, -0.1) is 0 Å². The van der Waals surface area contributed by atoms with E-state index >= 15 is 0 Å². The van der Waals surface area contributed by atoms with Crippen molar-refractivity contribution >= 4 is 51.6 Å². The predicted molar refractivity (Wildman–Crippen MR) is 161 cm³/mol. The summed E-state index contributed by atoms with van der Waals surface area (Å²) < 4.78 is 0. The third-order valence-electron chi connectivity index (χ3n) is 6.34. The average Bonchev–Trinajstić information content (AvgIpc) is 2.97. The van der Waals surface area contributed by atoms with E-state index < -0.39 is 6.89 Å². The first-order valence-corrected chi connectivity index (χ1v) is 14.3. The number of halogens is 1. The number of hydrogen-bond acceptors (Lipinski definition) is 1. The molecule has 0 heterocycles. The Balaban J connectivity index is 1.92. The molecule has 0 radical (unpaired) electrons. The molecule has 0 spiro atoms. The van der Waals surface area contributed by atoms with Gasteiger partial charge < -0.3 is 0 Å². The topological polar surface area (TPSA) is 17.1 Å². The molecular weight excluding hydrogens is 491 g/mol. The van der Waals surface area contributed by atoms with Crippen molar-refractivity contribution in [3.8, 4) is 0 Å². The molecular formula is C34H26ClOP. The molecule has 0 aliphatic carbocycles. The molecule has 180 valence electrons. The lowest BCUT2D eigenvalue weighted by molar-refractivity contribution is -0.108. The zero-order valence-corrected chi connectivity index (χ0v) is 21.9. The van der Waals surface area contributed by atoms with Crippen LogP contribution in [0.25, 0.3) is 6.08 Å². The summed E-state index contributed by atoms with van der Waals surface area (Å²) in [6.45, 7) is -2.58. The van der Waals surface area contributed by atoms with Crippen molar-refractivity contribution < 1.29 is 4.79 Å². The van der Waals surface area contributed by atoms with Crippen LogP contribution >= 0.6 is 18.5 Å². The van der Waals surface area contributed by atoms with Crippen LogP contribution in [0.5, 0.6) is 0 Å². The van der Waals surface area contributed by atoms with Crippen molar-refractivity contribution in [3.63, 3.8) is 0 Å². The maximum absolute atomic E-state index is 14.4. The standard InChI is InChI=1S/C34H26ClOP/c35-29-24-21-27(22-25-29)23-26-33(36)34(28-13-5-1-6-14-28)37(30-15-7-2-8-16-30,31-17-9-3-10-18-31)32-19-11-4-12-20-32/h1-26H/b26-23+. The molecule has 1 nitrogen and oxygen atoms in total. The van der Waals surface area contributed by atoms with E-state index in [1.807, 2.05) is 78.9 Å². The summed E-state index contributed by atoms with van der Waals surface area (Å²) >= 11 is 6.08. The van der Waals surface area contributed by atoms with E-state index in [0.29, 0.717) is 5.02 Å². The van der Waals surface area contributed by atoms with E-state index in [2.05, 4.69) is 72.8 Å². The van der Waals surface area contributed by atoms with Crippen LogP contribution in [0.3, 0.4) is 0 Å². The number of carbonyl (C=O) groups is 1. The molecule has 5 aromatic rings. The lowest BCUT2D eigenvalue weighted by Crippen LogP contribution is -2.33. The summed E-state index contributed by atoms with van der Waals surface area (Å²) in [7, 11) is 0. The summed E-state index contributed by atoms with van der Waals surface area (Å²) in [5.74, 6) is -0.00829. The van der Waals surface area contributed by atoms with Crippen molar-refractivity contribution in [2.24, 2.45) is 0 Å². The first kappa shape index (κ1) is 24.8. The van der Waals surface area contributed by atoms with Crippen LogP contribution in [0.4, 0.5) is 0 Å². The second-order valence-corrected chi connectivity index (χ2v) is 12.4. The second kappa shape index (κ2) is 11.4. The summed E-state index contributed by atoms with van der Waals surface area (Å²) in [6.07, 6.45) is 3.58. The van der Waals surface area contributed by atoms with Gasteiger partial charge in [0.1, 0.15) is 0 Å². The molecule has 0 aliphatic rings. The Labute approximate surface area is 223 Å². The molecule has 0 saturated heterocycles. The number of benzene rings is 5. The van der Waals surface area contributed by atoms with E-state index in [0.717, 1.165) is 32.3 Å². The van der Waals surface area contributed by atoms with E-state index in [9.17, 15) is 4.79 Å². The highest BCUT2D eigenvalue weighted by Crippen LogP contribution is 2.48. The molecule has 0 unspecified atom stereocenters. The van der Waals surface area contributed by atoms with Gasteiger partial charge in [-0.2, -0.15) is 0 Å². The van der Waals surface area contributed by atoms with Crippen LogP contribution in [0, 0.1) is 0 Å². The highest BCUT2D eigenvalue weighted by Gasteiger charge is 2.33. The van der Waals surface area contributed by atoms with Gasteiger partial charge in [-0.25, -0.2) is 0 Å². The Hall–Kier alpha value is -3.90. The van der Waals surface area contributed by atoms with Crippen LogP contribution in [-0.4, -0.2) is 11.1 Å². The Morgan fingerprint density at radius 3 is 1.38 bits per heavy atom. The Morgan fingerprint density at radius 1 is 0.541 bits per heavy atom. The van der Waals surface area contributed by atoms with Crippen molar-refractivity contribution in [2.75, 3.05) is 0 Å². The Morgan fingerprint density at radius 2 is 0.946 bits per heavy atom. The predicted octanol–water partition coefficient (Wildman–Crippen LogP) is 7.14. The van der Waals surface area contributed by atoms with Gasteiger partial charge in [0, 0.05) is 10.3 Å². The maximum Gasteiger partial charge on any atom is 0.187 e. The molecule has 0 N–H and O–H groups in total. The zero-order chi connectivity index (χ0) is 25.5. The summed E-state index contributed by atoms with van der Waals surface area (Å²) in [5.41, 5.74) is 1.85. The molecule has 0 aliphatic heterocycles. The first-order chi connectivity index (χ1) is 18.2. The van der Waals surface area contributed by atoms with Crippen molar-refractivity contribution in [2.45, 2.75) is 0 Å². The number of allylic oxidation sites excluding steroid dienone is 1. The maximum atomic E-state index is 14.4. The molecule has 0 aromatic heterocycles. The van der Waals surface area contributed by atoms with Crippen LogP contribution < -0.4 is 15.9 Å². The minimum Gasteiger partial charge on any atom is -0.289 e. The molecule has 0 fully saturated rings. The molecule has 5 aromatic carbocycles. The van der Waals surface area contributed by atoms with Gasteiger partial charge in [0.05, 0.1) is 0 Å². The fourth-order valence-electron chi connectivity index (χ4n) is 4.71. The molecule has 3 heteroatoms. The van der Waals surface area contributed by atoms with Crippen LogP contribution in [0.1, 0.15) is 11.1 Å². The number of rotatable bonds is 7. The van der Waals surface area contributed by atoms with Crippen molar-refractivity contribution in [1.29, 1.82) is 0 Å². The van der Waals surface area contributed by atoms with Gasteiger partial charge in [-0.3, -0.25) is 4.79 Å². The Kier molecular flexibility index (Phi) is 7.66. The third kappa shape index (κ3) is 5.16. The smallest absolute Gasteiger partial charge is 0.187 e. The highest BCUT2D eigenvalue weighted by atomic mass is 35.5. The van der Waals surface area contributed by atoms with Gasteiger partial charge in [0.15, 0.2) is 5.78 Å². The molecule has 0 bridgehead atoms. The molecule has 5 rings (SSSR count). The van der Waals surface area contributed by atoms with Crippen molar-refractivity contribution in [1.82, 2.24) is 0 Å². The number of ketones is 1. The van der Waals surface area contributed by atoms with Gasteiger partial charge in [-0.05, 0) is 52.1 Å². The molecule has 0 amide bonds. The zero-order valence-electron chi connectivity index (χ0n) is 20.2. The van der Waals surface area contributed by atoms with E-state index in [1.54, 1.807) is 6.08 Å². The van der Waals surface area contributed by atoms with E-state index in [4.69, 9.17) is 11.6 Å². The van der Waals surface area contributed by atoms with E-state index in [1.165, 1.54) is 0 Å². The fraction of sp³-hybridized carbons (Fsp3) is 0. The summed E-state index contributed by atoms with van der Waals surface area (Å²) in [5, 5.41) is 4.89. The Bertz CT molecular complexity index is 1450. The van der Waals surface area contributed by atoms with Crippen LogP contribution in [-0.2, 0) is 4.79 Å². The average molecular weight is 517 g/mol. The largest absolute Gasteiger partial charge is 0.289 e. The number of carbonyl (C=O) groups excluding carboxylic acids is 1. The fourth-order valence-corrected chi connectivity index (χ4v) is 9.31.